The molecule has 0 bridgehead atoms. The van der Waals surface area contributed by atoms with Crippen LogP contribution in [0.3, 0.4) is 0 Å². The van der Waals surface area contributed by atoms with E-state index in [-0.39, 0.29) is 18.4 Å². The monoisotopic (exact) mass is 426 g/mol. The highest BCUT2D eigenvalue weighted by atomic mass is 35.5. The number of halogens is 1. The average molecular weight is 427 g/mol. The summed E-state index contributed by atoms with van der Waals surface area (Å²) in [5, 5.41) is 5.40. The van der Waals surface area contributed by atoms with Crippen molar-refractivity contribution in [1.29, 1.82) is 0 Å². The first-order valence-corrected chi connectivity index (χ1v) is 10.5. The molecular weight excluding hydrogens is 408 g/mol. The minimum absolute atomic E-state index is 0.0752. The van der Waals surface area contributed by atoms with Crippen LogP contribution in [0.2, 0.25) is 5.02 Å². The standard InChI is InChI=1S/C22H19ClN2O3S/c1-2-28-18-7-4-3-6-15(18)22(27)25-13-20(26)24-17-10-9-14(23)12-16(17)21(25)19-8-5-11-29-19/h3-12,21H,2,13H2,1H3,(H,24,26). The summed E-state index contributed by atoms with van der Waals surface area (Å²) < 4.78 is 5.66. The fourth-order valence-electron chi connectivity index (χ4n) is 3.50. The SMILES string of the molecule is CCOc1ccccc1C(=O)N1CC(=O)Nc2ccc(Cl)cc2C1c1cccs1. The van der Waals surface area contributed by atoms with Gasteiger partial charge in [-0.25, -0.2) is 0 Å². The maximum Gasteiger partial charge on any atom is 0.258 e. The third-order valence-electron chi connectivity index (χ3n) is 4.70. The van der Waals surface area contributed by atoms with E-state index in [1.165, 1.54) is 11.3 Å². The average Bonchev–Trinajstić information content (AvgIpc) is 3.19. The van der Waals surface area contributed by atoms with E-state index in [2.05, 4.69) is 5.32 Å². The van der Waals surface area contributed by atoms with Crippen LogP contribution in [0.4, 0.5) is 5.69 Å². The van der Waals surface area contributed by atoms with Gasteiger partial charge >= 0.3 is 0 Å². The minimum Gasteiger partial charge on any atom is -0.493 e. The van der Waals surface area contributed by atoms with Crippen molar-refractivity contribution in [3.8, 4) is 5.75 Å². The number of hydrogen-bond donors (Lipinski definition) is 1. The van der Waals surface area contributed by atoms with Crippen LogP contribution in [0.1, 0.15) is 33.8 Å². The second-order valence-corrected chi connectivity index (χ2v) is 7.98. The number of para-hydroxylation sites is 1. The zero-order valence-corrected chi connectivity index (χ0v) is 17.3. The van der Waals surface area contributed by atoms with Crippen LogP contribution in [0.5, 0.6) is 5.75 Å². The van der Waals surface area contributed by atoms with E-state index in [4.69, 9.17) is 16.3 Å². The Labute approximate surface area is 177 Å². The fraction of sp³-hybridized carbons (Fsp3) is 0.182. The van der Waals surface area contributed by atoms with E-state index in [9.17, 15) is 9.59 Å². The number of nitrogens with zero attached hydrogens (tertiary/aromatic N) is 1. The topological polar surface area (TPSA) is 58.6 Å². The number of carbonyl (C=O) groups is 2. The highest BCUT2D eigenvalue weighted by molar-refractivity contribution is 7.10. The number of benzene rings is 2. The summed E-state index contributed by atoms with van der Waals surface area (Å²) in [5.41, 5.74) is 1.87. The molecule has 2 heterocycles. The van der Waals surface area contributed by atoms with E-state index in [1.54, 1.807) is 35.2 Å². The van der Waals surface area contributed by atoms with Gasteiger partial charge in [0.2, 0.25) is 5.91 Å². The van der Waals surface area contributed by atoms with Gasteiger partial charge in [0, 0.05) is 21.2 Å². The smallest absolute Gasteiger partial charge is 0.258 e. The molecule has 0 spiro atoms. The molecule has 1 atom stereocenters. The third kappa shape index (κ3) is 3.86. The number of carbonyl (C=O) groups excluding carboxylic acids is 2. The van der Waals surface area contributed by atoms with Crippen LogP contribution in [0.15, 0.2) is 60.0 Å². The summed E-state index contributed by atoms with van der Waals surface area (Å²) >= 11 is 7.80. The van der Waals surface area contributed by atoms with Crippen LogP contribution >= 0.6 is 22.9 Å². The summed E-state index contributed by atoms with van der Waals surface area (Å²) in [6.45, 7) is 2.24. The lowest BCUT2D eigenvalue weighted by Crippen LogP contribution is -2.38. The number of nitrogens with one attached hydrogen (secondary N) is 1. The summed E-state index contributed by atoms with van der Waals surface area (Å²) in [7, 11) is 0. The lowest BCUT2D eigenvalue weighted by molar-refractivity contribution is -0.117. The van der Waals surface area contributed by atoms with Gasteiger partial charge in [-0.2, -0.15) is 0 Å². The van der Waals surface area contributed by atoms with E-state index in [1.807, 2.05) is 36.6 Å². The maximum absolute atomic E-state index is 13.6. The van der Waals surface area contributed by atoms with Crippen molar-refractivity contribution < 1.29 is 14.3 Å². The Bertz CT molecular complexity index is 1050. The molecule has 1 aliphatic rings. The Kier molecular flexibility index (Phi) is 5.56. The van der Waals surface area contributed by atoms with Gasteiger partial charge in [0.15, 0.2) is 0 Å². The number of rotatable bonds is 4. The van der Waals surface area contributed by atoms with Crippen LogP contribution in [-0.4, -0.2) is 29.9 Å². The van der Waals surface area contributed by atoms with Crippen molar-refractivity contribution in [1.82, 2.24) is 4.90 Å². The number of ether oxygens (including phenoxy) is 1. The molecule has 3 aromatic rings. The lowest BCUT2D eigenvalue weighted by Gasteiger charge is -2.30. The first-order valence-electron chi connectivity index (χ1n) is 9.24. The second kappa shape index (κ2) is 8.27. The molecule has 0 saturated carbocycles. The van der Waals surface area contributed by atoms with Crippen molar-refractivity contribution >= 4 is 40.4 Å². The molecule has 1 N–H and O–H groups in total. The molecule has 7 heteroatoms. The Balaban J connectivity index is 1.86. The molecular formula is C22H19ClN2O3S. The maximum atomic E-state index is 13.6. The second-order valence-electron chi connectivity index (χ2n) is 6.56. The summed E-state index contributed by atoms with van der Waals surface area (Å²) in [5.74, 6) is -0.0220. The van der Waals surface area contributed by atoms with E-state index >= 15 is 0 Å². The predicted molar refractivity (Wildman–Crippen MR) is 115 cm³/mol. The van der Waals surface area contributed by atoms with Crippen LogP contribution in [-0.2, 0) is 4.79 Å². The number of fused-ring (bicyclic) bond motifs is 1. The van der Waals surface area contributed by atoms with Crippen molar-refractivity contribution in [2.75, 3.05) is 18.5 Å². The van der Waals surface area contributed by atoms with E-state index in [0.29, 0.717) is 28.6 Å². The number of hydrogen-bond acceptors (Lipinski definition) is 4. The molecule has 0 aliphatic carbocycles. The largest absolute Gasteiger partial charge is 0.493 e. The van der Waals surface area contributed by atoms with Crippen LogP contribution < -0.4 is 10.1 Å². The Morgan fingerprint density at radius 2 is 2.07 bits per heavy atom. The molecule has 4 rings (SSSR count). The van der Waals surface area contributed by atoms with Gasteiger partial charge in [-0.15, -0.1) is 11.3 Å². The molecule has 1 aromatic heterocycles. The van der Waals surface area contributed by atoms with Crippen LogP contribution in [0, 0.1) is 0 Å². The van der Waals surface area contributed by atoms with Crippen molar-refractivity contribution in [2.45, 2.75) is 13.0 Å². The molecule has 0 saturated heterocycles. The number of thiophene rings is 1. The van der Waals surface area contributed by atoms with Crippen molar-refractivity contribution in [3.63, 3.8) is 0 Å². The predicted octanol–water partition coefficient (Wildman–Crippen LogP) is 4.98. The Morgan fingerprint density at radius 3 is 2.83 bits per heavy atom. The van der Waals surface area contributed by atoms with Crippen molar-refractivity contribution in [3.05, 3.63) is 81.0 Å². The van der Waals surface area contributed by atoms with Gasteiger partial charge in [0.1, 0.15) is 12.3 Å². The molecule has 29 heavy (non-hydrogen) atoms. The molecule has 2 aromatic carbocycles. The van der Waals surface area contributed by atoms with Gasteiger partial charge in [-0.05, 0) is 48.7 Å². The highest BCUT2D eigenvalue weighted by Crippen LogP contribution is 2.40. The molecule has 2 amide bonds. The zero-order valence-electron chi connectivity index (χ0n) is 15.7. The lowest BCUT2D eigenvalue weighted by atomic mass is 10.0. The fourth-order valence-corrected chi connectivity index (χ4v) is 4.53. The molecule has 148 valence electrons. The third-order valence-corrected chi connectivity index (χ3v) is 5.86. The van der Waals surface area contributed by atoms with Crippen molar-refractivity contribution in [2.24, 2.45) is 0 Å². The summed E-state index contributed by atoms with van der Waals surface area (Å²) in [6, 6.07) is 15.9. The minimum atomic E-state index is -0.440. The van der Waals surface area contributed by atoms with Gasteiger partial charge in [0.05, 0.1) is 18.2 Å². The van der Waals surface area contributed by atoms with Crippen LogP contribution in [0.25, 0.3) is 0 Å². The number of amides is 2. The Morgan fingerprint density at radius 1 is 1.24 bits per heavy atom. The number of anilines is 1. The van der Waals surface area contributed by atoms with Gasteiger partial charge in [-0.3, -0.25) is 9.59 Å². The quantitative estimate of drug-likeness (QED) is 0.639. The highest BCUT2D eigenvalue weighted by Gasteiger charge is 2.35. The Hall–Kier alpha value is -2.83. The van der Waals surface area contributed by atoms with Gasteiger partial charge in [-0.1, -0.05) is 29.8 Å². The molecule has 5 nitrogen and oxygen atoms in total. The molecule has 1 unspecified atom stereocenters. The summed E-state index contributed by atoms with van der Waals surface area (Å²) in [6.07, 6.45) is 0. The van der Waals surface area contributed by atoms with Gasteiger partial charge < -0.3 is 15.0 Å². The zero-order chi connectivity index (χ0) is 20.4. The molecule has 1 aliphatic heterocycles. The molecule has 0 fully saturated rings. The summed E-state index contributed by atoms with van der Waals surface area (Å²) in [4.78, 5) is 28.8. The van der Waals surface area contributed by atoms with E-state index in [0.717, 1.165) is 10.4 Å². The molecule has 0 radical (unpaired) electrons. The van der Waals surface area contributed by atoms with E-state index < -0.39 is 6.04 Å². The van der Waals surface area contributed by atoms with Gasteiger partial charge in [0.25, 0.3) is 5.91 Å². The first-order chi connectivity index (χ1) is 14.1. The normalized spacial score (nSPS) is 16.0. The first kappa shape index (κ1) is 19.5.